The number of rotatable bonds is 5. The van der Waals surface area contributed by atoms with Crippen LogP contribution in [0.25, 0.3) is 11.1 Å². The van der Waals surface area contributed by atoms with Crippen LogP contribution >= 0.6 is 0 Å². The fourth-order valence-electron chi connectivity index (χ4n) is 2.45. The Morgan fingerprint density at radius 2 is 1.81 bits per heavy atom. The van der Waals surface area contributed by atoms with E-state index in [0.717, 1.165) is 24.0 Å². The summed E-state index contributed by atoms with van der Waals surface area (Å²) in [5.74, 6) is -0.230. The largest absolute Gasteiger partial charge is 0.496 e. The number of aryl methyl sites for hydroxylation is 2. The topological polar surface area (TPSA) is 46.5 Å². The number of hydrogen-bond acceptors (Lipinski definition) is 2. The third-order valence-corrected chi connectivity index (χ3v) is 3.70. The lowest BCUT2D eigenvalue weighted by Crippen LogP contribution is -1.99. The molecule has 0 amide bonds. The molecule has 0 unspecified atom stereocenters. The Bertz CT molecular complexity index is 660. The molecular weight excluding hydrogens is 264 g/mol. The quantitative estimate of drug-likeness (QED) is 0.895. The monoisotopic (exact) mass is 284 g/mol. The third-order valence-electron chi connectivity index (χ3n) is 3.70. The van der Waals surface area contributed by atoms with Crippen LogP contribution in [0.1, 0.15) is 35.3 Å². The summed E-state index contributed by atoms with van der Waals surface area (Å²) < 4.78 is 5.41. The molecule has 2 aromatic carbocycles. The molecule has 0 spiro atoms. The Labute approximate surface area is 125 Å². The highest BCUT2D eigenvalue weighted by Crippen LogP contribution is 2.34. The molecule has 0 aliphatic carbocycles. The van der Waals surface area contributed by atoms with Gasteiger partial charge in [0.1, 0.15) is 5.75 Å². The van der Waals surface area contributed by atoms with E-state index in [1.807, 2.05) is 0 Å². The molecule has 3 heteroatoms. The third kappa shape index (κ3) is 3.07. The van der Waals surface area contributed by atoms with Crippen LogP contribution in [0, 0.1) is 0 Å². The van der Waals surface area contributed by atoms with Crippen molar-refractivity contribution in [2.24, 2.45) is 0 Å². The van der Waals surface area contributed by atoms with E-state index in [2.05, 4.69) is 32.0 Å². The van der Waals surface area contributed by atoms with Crippen molar-refractivity contribution in [1.82, 2.24) is 0 Å². The van der Waals surface area contributed by atoms with E-state index in [9.17, 15) is 9.90 Å². The number of benzene rings is 2. The summed E-state index contributed by atoms with van der Waals surface area (Å²) in [6.45, 7) is 4.20. The van der Waals surface area contributed by atoms with Gasteiger partial charge in [-0.25, -0.2) is 4.79 Å². The van der Waals surface area contributed by atoms with E-state index < -0.39 is 5.97 Å². The molecule has 2 aromatic rings. The zero-order valence-corrected chi connectivity index (χ0v) is 12.6. The summed E-state index contributed by atoms with van der Waals surface area (Å²) in [6.07, 6.45) is 1.83. The highest BCUT2D eigenvalue weighted by atomic mass is 16.5. The van der Waals surface area contributed by atoms with E-state index in [1.165, 1.54) is 11.1 Å². The van der Waals surface area contributed by atoms with Crippen molar-refractivity contribution in [2.75, 3.05) is 7.11 Å². The minimum absolute atomic E-state index is 0.273. The van der Waals surface area contributed by atoms with Gasteiger partial charge in [0.25, 0.3) is 0 Å². The lowest BCUT2D eigenvalue weighted by atomic mass is 9.93. The summed E-state index contributed by atoms with van der Waals surface area (Å²) in [6, 6.07) is 11.3. The molecule has 0 aromatic heterocycles. The predicted molar refractivity (Wildman–Crippen MR) is 84.1 cm³/mol. The van der Waals surface area contributed by atoms with Crippen molar-refractivity contribution in [2.45, 2.75) is 26.7 Å². The fourth-order valence-corrected chi connectivity index (χ4v) is 2.45. The van der Waals surface area contributed by atoms with E-state index in [0.29, 0.717) is 5.75 Å². The molecule has 2 rings (SSSR count). The first-order valence-electron chi connectivity index (χ1n) is 7.14. The van der Waals surface area contributed by atoms with Crippen molar-refractivity contribution < 1.29 is 14.6 Å². The number of carboxylic acids is 1. The standard InChI is InChI=1S/C18H20O3/c1-4-12-6-7-13(5-2)15(10-12)16-11-14(18(19)20)8-9-17(16)21-3/h6-11H,4-5H2,1-3H3,(H,19,20). The molecule has 0 saturated heterocycles. The Hall–Kier alpha value is -2.29. The van der Waals surface area contributed by atoms with Crippen LogP contribution in [0.5, 0.6) is 5.75 Å². The van der Waals surface area contributed by atoms with E-state index in [4.69, 9.17) is 4.74 Å². The summed E-state index contributed by atoms with van der Waals surface area (Å²) in [5, 5.41) is 9.21. The van der Waals surface area contributed by atoms with Gasteiger partial charge in [0, 0.05) is 5.56 Å². The number of aromatic carboxylic acids is 1. The maximum atomic E-state index is 11.2. The Morgan fingerprint density at radius 3 is 2.38 bits per heavy atom. The minimum atomic E-state index is -0.927. The van der Waals surface area contributed by atoms with Crippen molar-refractivity contribution in [3.63, 3.8) is 0 Å². The van der Waals surface area contributed by atoms with Crippen molar-refractivity contribution in [1.29, 1.82) is 0 Å². The molecular formula is C18H20O3. The Morgan fingerprint density at radius 1 is 1.05 bits per heavy atom. The molecule has 0 radical (unpaired) electrons. The van der Waals surface area contributed by atoms with E-state index in [1.54, 1.807) is 25.3 Å². The molecule has 0 aliphatic rings. The molecule has 1 N–H and O–H groups in total. The summed E-state index contributed by atoms with van der Waals surface area (Å²) >= 11 is 0. The van der Waals surface area contributed by atoms with Gasteiger partial charge in [0.2, 0.25) is 0 Å². The van der Waals surface area contributed by atoms with Crippen LogP contribution in [0.3, 0.4) is 0 Å². The van der Waals surface area contributed by atoms with Crippen molar-refractivity contribution in [3.8, 4) is 16.9 Å². The zero-order valence-electron chi connectivity index (χ0n) is 12.6. The van der Waals surface area contributed by atoms with Gasteiger partial charge in [-0.3, -0.25) is 0 Å². The molecule has 0 aliphatic heterocycles. The smallest absolute Gasteiger partial charge is 0.335 e. The van der Waals surface area contributed by atoms with Gasteiger partial charge in [-0.05, 0) is 47.7 Å². The normalized spacial score (nSPS) is 10.4. The molecule has 0 bridgehead atoms. The van der Waals surface area contributed by atoms with Crippen LogP contribution in [0.15, 0.2) is 36.4 Å². The first-order valence-corrected chi connectivity index (χ1v) is 7.14. The van der Waals surface area contributed by atoms with Gasteiger partial charge in [0.05, 0.1) is 12.7 Å². The summed E-state index contributed by atoms with van der Waals surface area (Å²) in [4.78, 5) is 11.2. The van der Waals surface area contributed by atoms with Gasteiger partial charge < -0.3 is 9.84 Å². The van der Waals surface area contributed by atoms with Crippen LogP contribution in [-0.2, 0) is 12.8 Å². The molecule has 0 heterocycles. The highest BCUT2D eigenvalue weighted by molar-refractivity contribution is 5.91. The van der Waals surface area contributed by atoms with Crippen molar-refractivity contribution in [3.05, 3.63) is 53.1 Å². The number of ether oxygens (including phenoxy) is 1. The fraction of sp³-hybridized carbons (Fsp3) is 0.278. The molecule has 21 heavy (non-hydrogen) atoms. The van der Waals surface area contributed by atoms with Crippen LogP contribution in [0.4, 0.5) is 0 Å². The molecule has 0 fully saturated rings. The maximum Gasteiger partial charge on any atom is 0.335 e. The number of carbonyl (C=O) groups is 1. The summed E-state index contributed by atoms with van der Waals surface area (Å²) in [5.41, 5.74) is 4.58. The molecule has 3 nitrogen and oxygen atoms in total. The second kappa shape index (κ2) is 6.44. The van der Waals surface area contributed by atoms with Crippen molar-refractivity contribution >= 4 is 5.97 Å². The van der Waals surface area contributed by atoms with Gasteiger partial charge in [0.15, 0.2) is 0 Å². The average Bonchev–Trinajstić information content (AvgIpc) is 2.53. The predicted octanol–water partition coefficient (Wildman–Crippen LogP) is 4.19. The molecule has 110 valence electrons. The molecule has 0 saturated carbocycles. The first-order chi connectivity index (χ1) is 10.1. The number of carboxylic acid groups (broad SMARTS) is 1. The molecule has 0 atom stereocenters. The Balaban J connectivity index is 2.68. The van der Waals surface area contributed by atoms with Crippen LogP contribution < -0.4 is 4.74 Å². The van der Waals surface area contributed by atoms with Gasteiger partial charge in [-0.1, -0.05) is 32.0 Å². The number of methoxy groups -OCH3 is 1. The average molecular weight is 284 g/mol. The van der Waals surface area contributed by atoms with E-state index in [-0.39, 0.29) is 5.56 Å². The maximum absolute atomic E-state index is 11.2. The summed E-state index contributed by atoms with van der Waals surface area (Å²) in [7, 11) is 1.61. The SMILES string of the molecule is CCc1ccc(CC)c(-c2cc(C(=O)O)ccc2OC)c1. The minimum Gasteiger partial charge on any atom is -0.496 e. The van der Waals surface area contributed by atoms with E-state index >= 15 is 0 Å². The zero-order chi connectivity index (χ0) is 15.4. The number of hydrogen-bond donors (Lipinski definition) is 1. The van der Waals surface area contributed by atoms with Gasteiger partial charge >= 0.3 is 5.97 Å². The second-order valence-electron chi connectivity index (χ2n) is 4.92. The first kappa shape index (κ1) is 15.1. The Kier molecular flexibility index (Phi) is 4.63. The lowest BCUT2D eigenvalue weighted by Gasteiger charge is -2.14. The lowest BCUT2D eigenvalue weighted by molar-refractivity contribution is 0.0697. The van der Waals surface area contributed by atoms with Crippen LogP contribution in [-0.4, -0.2) is 18.2 Å². The van der Waals surface area contributed by atoms with Gasteiger partial charge in [-0.2, -0.15) is 0 Å². The second-order valence-corrected chi connectivity index (χ2v) is 4.92. The highest BCUT2D eigenvalue weighted by Gasteiger charge is 2.13. The van der Waals surface area contributed by atoms with Gasteiger partial charge in [-0.15, -0.1) is 0 Å². The van der Waals surface area contributed by atoms with Crippen LogP contribution in [0.2, 0.25) is 0 Å².